The van der Waals surface area contributed by atoms with Gasteiger partial charge in [0, 0.05) is 13.7 Å². The van der Waals surface area contributed by atoms with Crippen molar-refractivity contribution in [2.45, 2.75) is 26.4 Å². The first-order chi connectivity index (χ1) is 5.66. The van der Waals surface area contributed by atoms with Gasteiger partial charge >= 0.3 is 0 Å². The summed E-state index contributed by atoms with van der Waals surface area (Å²) in [5.41, 5.74) is 0. The molecule has 3 nitrogen and oxygen atoms in total. The minimum absolute atomic E-state index is 0.199. The van der Waals surface area contributed by atoms with E-state index in [1.54, 1.807) is 14.0 Å². The first kappa shape index (κ1) is 11.9. The second kappa shape index (κ2) is 7.53. The Bertz CT molecular complexity index is 96.5. The summed E-state index contributed by atoms with van der Waals surface area (Å²) in [6, 6.07) is 0. The van der Waals surface area contributed by atoms with Crippen molar-refractivity contribution in [3.05, 3.63) is 0 Å². The molecule has 74 valence electrons. The molecule has 0 amide bonds. The molecule has 12 heavy (non-hydrogen) atoms. The van der Waals surface area contributed by atoms with Gasteiger partial charge in [-0.3, -0.25) is 0 Å². The van der Waals surface area contributed by atoms with E-state index in [-0.39, 0.29) is 6.10 Å². The highest BCUT2D eigenvalue weighted by Gasteiger charge is 2.00. The molecule has 0 fully saturated rings. The minimum Gasteiger partial charge on any atom is -0.393 e. The topological polar surface area (TPSA) is 41.5 Å². The van der Waals surface area contributed by atoms with Crippen LogP contribution in [0.4, 0.5) is 0 Å². The standard InChI is InChI=1S/C9H21NO2/c1-8(7-12-3)6-10-5-4-9(2)11/h8-11H,4-7H2,1-3H3. The van der Waals surface area contributed by atoms with E-state index in [0.717, 1.165) is 26.1 Å². The second-order valence-electron chi connectivity index (χ2n) is 3.40. The van der Waals surface area contributed by atoms with Crippen LogP contribution in [0, 0.1) is 5.92 Å². The van der Waals surface area contributed by atoms with Crippen LogP contribution in [0.1, 0.15) is 20.3 Å². The Labute approximate surface area is 75.1 Å². The predicted octanol–water partition coefficient (Wildman–Crippen LogP) is 0.629. The van der Waals surface area contributed by atoms with Crippen molar-refractivity contribution in [3.8, 4) is 0 Å². The average molecular weight is 175 g/mol. The second-order valence-corrected chi connectivity index (χ2v) is 3.40. The molecule has 0 aromatic carbocycles. The number of ether oxygens (including phenoxy) is 1. The number of nitrogens with one attached hydrogen (secondary N) is 1. The fraction of sp³-hybridized carbons (Fsp3) is 1.00. The molecule has 0 radical (unpaired) electrons. The fourth-order valence-electron chi connectivity index (χ4n) is 1.00. The minimum atomic E-state index is -0.199. The Kier molecular flexibility index (Phi) is 7.45. The molecular weight excluding hydrogens is 154 g/mol. The molecule has 2 unspecified atom stereocenters. The van der Waals surface area contributed by atoms with Crippen molar-refractivity contribution in [1.29, 1.82) is 0 Å². The van der Waals surface area contributed by atoms with Crippen LogP contribution in [0.2, 0.25) is 0 Å². The highest BCUT2D eigenvalue weighted by atomic mass is 16.5. The fourth-order valence-corrected chi connectivity index (χ4v) is 1.00. The third-order valence-corrected chi connectivity index (χ3v) is 1.68. The summed E-state index contributed by atoms with van der Waals surface area (Å²) >= 11 is 0. The van der Waals surface area contributed by atoms with Crippen LogP contribution in [0.25, 0.3) is 0 Å². The van der Waals surface area contributed by atoms with Gasteiger partial charge in [-0.1, -0.05) is 6.92 Å². The highest BCUT2D eigenvalue weighted by molar-refractivity contribution is 4.57. The third-order valence-electron chi connectivity index (χ3n) is 1.68. The lowest BCUT2D eigenvalue weighted by molar-refractivity contribution is 0.155. The van der Waals surface area contributed by atoms with Crippen molar-refractivity contribution in [3.63, 3.8) is 0 Å². The Hall–Kier alpha value is -0.120. The van der Waals surface area contributed by atoms with Crippen molar-refractivity contribution in [2.75, 3.05) is 26.8 Å². The quantitative estimate of drug-likeness (QED) is 0.558. The maximum atomic E-state index is 8.96. The largest absolute Gasteiger partial charge is 0.393 e. The molecule has 0 rings (SSSR count). The van der Waals surface area contributed by atoms with Gasteiger partial charge in [0.1, 0.15) is 0 Å². The van der Waals surface area contributed by atoms with Crippen molar-refractivity contribution in [2.24, 2.45) is 5.92 Å². The molecule has 0 aliphatic heterocycles. The van der Waals surface area contributed by atoms with Crippen LogP contribution >= 0.6 is 0 Å². The van der Waals surface area contributed by atoms with Gasteiger partial charge in [0.05, 0.1) is 6.10 Å². The molecule has 0 saturated heterocycles. The molecule has 0 aromatic heterocycles. The van der Waals surface area contributed by atoms with Crippen LogP contribution < -0.4 is 5.32 Å². The van der Waals surface area contributed by atoms with Crippen LogP contribution in [0.5, 0.6) is 0 Å². The molecule has 2 N–H and O–H groups in total. The smallest absolute Gasteiger partial charge is 0.0524 e. The van der Waals surface area contributed by atoms with Gasteiger partial charge in [0.25, 0.3) is 0 Å². The summed E-state index contributed by atoms with van der Waals surface area (Å²) in [6.07, 6.45) is 0.620. The zero-order valence-electron chi connectivity index (χ0n) is 8.34. The molecule has 3 heteroatoms. The van der Waals surface area contributed by atoms with E-state index in [9.17, 15) is 0 Å². The Morgan fingerprint density at radius 2 is 2.08 bits per heavy atom. The van der Waals surface area contributed by atoms with Crippen LogP contribution in [-0.2, 0) is 4.74 Å². The first-order valence-electron chi connectivity index (χ1n) is 4.54. The third kappa shape index (κ3) is 7.98. The van der Waals surface area contributed by atoms with Gasteiger partial charge in [-0.25, -0.2) is 0 Å². The molecule has 0 saturated carbocycles. The number of methoxy groups -OCH3 is 1. The van der Waals surface area contributed by atoms with Gasteiger partial charge in [-0.15, -0.1) is 0 Å². The molecule has 0 aliphatic carbocycles. The van der Waals surface area contributed by atoms with Crippen LogP contribution in [0.3, 0.4) is 0 Å². The van der Waals surface area contributed by atoms with Gasteiger partial charge in [0.15, 0.2) is 0 Å². The lowest BCUT2D eigenvalue weighted by Gasteiger charge is -2.11. The molecule has 0 aliphatic rings. The molecule has 0 aromatic rings. The lowest BCUT2D eigenvalue weighted by atomic mass is 10.2. The highest BCUT2D eigenvalue weighted by Crippen LogP contribution is 1.92. The zero-order valence-corrected chi connectivity index (χ0v) is 8.34. The molecular formula is C9H21NO2. The van der Waals surface area contributed by atoms with E-state index in [2.05, 4.69) is 12.2 Å². The Morgan fingerprint density at radius 1 is 1.42 bits per heavy atom. The zero-order chi connectivity index (χ0) is 9.40. The van der Waals surface area contributed by atoms with Crippen molar-refractivity contribution < 1.29 is 9.84 Å². The summed E-state index contributed by atoms with van der Waals surface area (Å²) in [6.45, 7) is 6.58. The first-order valence-corrected chi connectivity index (χ1v) is 4.54. The summed E-state index contributed by atoms with van der Waals surface area (Å²) in [5.74, 6) is 0.545. The normalized spacial score (nSPS) is 16.0. The summed E-state index contributed by atoms with van der Waals surface area (Å²) in [7, 11) is 1.71. The summed E-state index contributed by atoms with van der Waals surface area (Å²) < 4.78 is 4.99. The number of aliphatic hydroxyl groups is 1. The van der Waals surface area contributed by atoms with E-state index < -0.39 is 0 Å². The maximum absolute atomic E-state index is 8.96. The molecule has 0 bridgehead atoms. The van der Waals surface area contributed by atoms with Crippen molar-refractivity contribution in [1.82, 2.24) is 5.32 Å². The average Bonchev–Trinajstić information content (AvgIpc) is 1.98. The van der Waals surface area contributed by atoms with E-state index in [4.69, 9.17) is 9.84 Å². The molecule has 0 heterocycles. The van der Waals surface area contributed by atoms with E-state index >= 15 is 0 Å². The van der Waals surface area contributed by atoms with Crippen LogP contribution in [0.15, 0.2) is 0 Å². The monoisotopic (exact) mass is 175 g/mol. The Balaban J connectivity index is 3.08. The van der Waals surface area contributed by atoms with E-state index in [0.29, 0.717) is 5.92 Å². The predicted molar refractivity (Wildman–Crippen MR) is 50.2 cm³/mol. The summed E-state index contributed by atoms with van der Waals surface area (Å²) in [5, 5.41) is 12.2. The van der Waals surface area contributed by atoms with Crippen molar-refractivity contribution >= 4 is 0 Å². The maximum Gasteiger partial charge on any atom is 0.0524 e. The Morgan fingerprint density at radius 3 is 2.58 bits per heavy atom. The van der Waals surface area contributed by atoms with E-state index in [1.807, 2.05) is 0 Å². The SMILES string of the molecule is COCC(C)CNCCC(C)O. The van der Waals surface area contributed by atoms with E-state index in [1.165, 1.54) is 0 Å². The van der Waals surface area contributed by atoms with Gasteiger partial charge < -0.3 is 15.2 Å². The number of rotatable bonds is 7. The number of hydrogen-bond donors (Lipinski definition) is 2. The van der Waals surface area contributed by atoms with Gasteiger partial charge in [-0.2, -0.15) is 0 Å². The van der Waals surface area contributed by atoms with Crippen LogP contribution in [-0.4, -0.2) is 38.0 Å². The van der Waals surface area contributed by atoms with Gasteiger partial charge in [0.2, 0.25) is 0 Å². The lowest BCUT2D eigenvalue weighted by Crippen LogP contribution is -2.26. The molecule has 0 spiro atoms. The van der Waals surface area contributed by atoms with Gasteiger partial charge in [-0.05, 0) is 32.4 Å². The summed E-state index contributed by atoms with van der Waals surface area (Å²) in [4.78, 5) is 0. The molecule has 2 atom stereocenters. The number of hydrogen-bond acceptors (Lipinski definition) is 3. The number of aliphatic hydroxyl groups excluding tert-OH is 1.